The molecule has 2 aromatic heterocycles. The molecule has 0 saturated carbocycles. The fourth-order valence-corrected chi connectivity index (χ4v) is 5.56. The lowest BCUT2D eigenvalue weighted by Gasteiger charge is -2.28. The van der Waals surface area contributed by atoms with Gasteiger partial charge >= 0.3 is 0 Å². The maximum atomic E-state index is 13.5. The van der Waals surface area contributed by atoms with Gasteiger partial charge in [-0.05, 0) is 58.8 Å². The van der Waals surface area contributed by atoms with Crippen LogP contribution in [0.15, 0.2) is 10.5 Å². The molecule has 9 heteroatoms. The molecule has 0 radical (unpaired) electrons. The van der Waals surface area contributed by atoms with Gasteiger partial charge in [-0.15, -0.1) is 11.8 Å². The molecule has 28 heavy (non-hydrogen) atoms. The zero-order valence-corrected chi connectivity index (χ0v) is 18.4. The molecule has 0 bridgehead atoms. The van der Waals surface area contributed by atoms with Crippen LogP contribution in [0.3, 0.4) is 0 Å². The van der Waals surface area contributed by atoms with Crippen molar-refractivity contribution in [2.75, 3.05) is 5.75 Å². The summed E-state index contributed by atoms with van der Waals surface area (Å²) < 4.78 is 28.8. The van der Waals surface area contributed by atoms with Crippen molar-refractivity contribution in [3.8, 4) is 0 Å². The number of aromatic nitrogens is 3. The van der Waals surface area contributed by atoms with Crippen molar-refractivity contribution in [2.24, 2.45) is 0 Å². The fraction of sp³-hybridized carbons (Fsp3) is 0.684. The van der Waals surface area contributed by atoms with Gasteiger partial charge in [0.15, 0.2) is 0 Å². The van der Waals surface area contributed by atoms with E-state index in [1.54, 1.807) is 32.2 Å². The first-order chi connectivity index (χ1) is 12.9. The standard InChI is InChI=1S/C19H27F2N3O2S2/c1-10-14(24-17(22-10)28-16(23-24)19(4,5)26)11-6-7-12(15(20)21)13(8-11)27-9-18(2,3)25/h11,15,25-26H,6-9H2,1-5H3. The number of fused-ring (bicyclic) bond motifs is 1. The first kappa shape index (κ1) is 21.7. The SMILES string of the molecule is Cc1nc2sc(C(C)(C)O)nn2c1C1CCC(C(F)F)=C(SCC(C)(C)O)C1. The van der Waals surface area contributed by atoms with E-state index < -0.39 is 17.6 Å². The second-order valence-electron chi connectivity index (χ2n) is 8.53. The van der Waals surface area contributed by atoms with Crippen LogP contribution < -0.4 is 0 Å². The number of hydrogen-bond donors (Lipinski definition) is 2. The zero-order valence-electron chi connectivity index (χ0n) is 16.8. The van der Waals surface area contributed by atoms with Crippen LogP contribution in [0.1, 0.15) is 69.3 Å². The number of alkyl halides is 2. The summed E-state index contributed by atoms with van der Waals surface area (Å²) in [6.07, 6.45) is -1.05. The molecule has 0 spiro atoms. The lowest BCUT2D eigenvalue weighted by molar-refractivity contribution is 0.0772. The van der Waals surface area contributed by atoms with Crippen molar-refractivity contribution in [2.45, 2.75) is 77.4 Å². The predicted octanol–water partition coefficient (Wildman–Crippen LogP) is 4.62. The van der Waals surface area contributed by atoms with Gasteiger partial charge in [-0.1, -0.05) is 11.3 Å². The van der Waals surface area contributed by atoms with Crippen molar-refractivity contribution in [3.63, 3.8) is 0 Å². The number of thioether (sulfide) groups is 1. The highest BCUT2D eigenvalue weighted by molar-refractivity contribution is 8.03. The van der Waals surface area contributed by atoms with Crippen LogP contribution in [-0.4, -0.2) is 42.6 Å². The first-order valence-electron chi connectivity index (χ1n) is 9.31. The van der Waals surface area contributed by atoms with E-state index in [-0.39, 0.29) is 11.5 Å². The molecule has 5 nitrogen and oxygen atoms in total. The topological polar surface area (TPSA) is 70.7 Å². The quantitative estimate of drug-likeness (QED) is 0.699. The first-order valence-corrected chi connectivity index (χ1v) is 11.1. The van der Waals surface area contributed by atoms with Gasteiger partial charge in [0.2, 0.25) is 4.96 Å². The van der Waals surface area contributed by atoms with Crippen LogP contribution in [0.2, 0.25) is 0 Å². The molecular formula is C19H27F2N3O2S2. The van der Waals surface area contributed by atoms with E-state index in [9.17, 15) is 19.0 Å². The summed E-state index contributed by atoms with van der Waals surface area (Å²) in [5.41, 5.74) is -0.0116. The average Bonchev–Trinajstić information content (AvgIpc) is 3.08. The van der Waals surface area contributed by atoms with Crippen molar-refractivity contribution in [1.29, 1.82) is 0 Å². The summed E-state index contributed by atoms with van der Waals surface area (Å²) in [5.74, 6) is 0.393. The van der Waals surface area contributed by atoms with Crippen LogP contribution in [0.25, 0.3) is 4.96 Å². The Bertz CT molecular complexity index is 891. The highest BCUT2D eigenvalue weighted by Gasteiger charge is 2.32. The summed E-state index contributed by atoms with van der Waals surface area (Å²) in [4.78, 5) is 5.96. The molecular weight excluding hydrogens is 404 g/mol. The minimum Gasteiger partial charge on any atom is -0.390 e. The van der Waals surface area contributed by atoms with E-state index in [2.05, 4.69) is 10.1 Å². The monoisotopic (exact) mass is 431 g/mol. The van der Waals surface area contributed by atoms with Crippen molar-refractivity contribution in [1.82, 2.24) is 14.6 Å². The number of allylic oxidation sites excluding steroid dienone is 2. The molecule has 156 valence electrons. The molecule has 1 unspecified atom stereocenters. The van der Waals surface area contributed by atoms with Gasteiger partial charge < -0.3 is 10.2 Å². The third-order valence-electron chi connectivity index (χ3n) is 4.75. The van der Waals surface area contributed by atoms with Gasteiger partial charge in [0.25, 0.3) is 6.43 Å². The van der Waals surface area contributed by atoms with Gasteiger partial charge in [0.1, 0.15) is 10.6 Å². The fourth-order valence-electron chi connectivity index (χ4n) is 3.39. The molecule has 0 saturated heterocycles. The Balaban J connectivity index is 1.94. The minimum absolute atomic E-state index is 0.0264. The second-order valence-corrected chi connectivity index (χ2v) is 10.6. The molecule has 0 aliphatic heterocycles. The summed E-state index contributed by atoms with van der Waals surface area (Å²) in [6.45, 7) is 8.64. The molecule has 1 aliphatic rings. The van der Waals surface area contributed by atoms with Crippen LogP contribution in [-0.2, 0) is 5.60 Å². The summed E-state index contributed by atoms with van der Waals surface area (Å²) in [7, 11) is 0. The highest BCUT2D eigenvalue weighted by atomic mass is 32.2. The van der Waals surface area contributed by atoms with E-state index in [1.807, 2.05) is 6.92 Å². The van der Waals surface area contributed by atoms with Crippen LogP contribution in [0.4, 0.5) is 8.78 Å². The third-order valence-corrected chi connectivity index (χ3v) is 7.60. The second kappa shape index (κ2) is 7.66. The Morgan fingerprint density at radius 3 is 2.54 bits per heavy atom. The molecule has 3 rings (SSSR count). The predicted molar refractivity (Wildman–Crippen MR) is 109 cm³/mol. The van der Waals surface area contributed by atoms with E-state index in [4.69, 9.17) is 0 Å². The summed E-state index contributed by atoms with van der Waals surface area (Å²) in [6, 6.07) is 0. The number of aryl methyl sites for hydroxylation is 1. The molecule has 1 aliphatic carbocycles. The van der Waals surface area contributed by atoms with Gasteiger partial charge in [0, 0.05) is 17.2 Å². The number of halogens is 2. The Labute approximate surface area is 171 Å². The number of rotatable bonds is 6. The van der Waals surface area contributed by atoms with E-state index >= 15 is 0 Å². The molecule has 0 amide bonds. The Hall–Kier alpha value is -1.03. The zero-order chi connectivity index (χ0) is 20.9. The third kappa shape index (κ3) is 4.58. The number of aliphatic hydroxyl groups is 2. The van der Waals surface area contributed by atoms with Crippen molar-refractivity contribution < 1.29 is 19.0 Å². The van der Waals surface area contributed by atoms with Crippen LogP contribution >= 0.6 is 23.1 Å². The molecule has 0 aromatic carbocycles. The van der Waals surface area contributed by atoms with E-state index in [0.29, 0.717) is 39.9 Å². The highest BCUT2D eigenvalue weighted by Crippen LogP contribution is 2.44. The molecule has 2 heterocycles. The van der Waals surface area contributed by atoms with Crippen LogP contribution in [0.5, 0.6) is 0 Å². The van der Waals surface area contributed by atoms with E-state index in [1.165, 1.54) is 23.1 Å². The summed E-state index contributed by atoms with van der Waals surface area (Å²) >= 11 is 2.67. The van der Waals surface area contributed by atoms with Gasteiger partial charge in [-0.25, -0.2) is 18.3 Å². The van der Waals surface area contributed by atoms with Crippen molar-refractivity contribution in [3.05, 3.63) is 26.9 Å². The lowest BCUT2D eigenvalue weighted by atomic mass is 9.86. The van der Waals surface area contributed by atoms with Gasteiger partial charge in [-0.3, -0.25) is 0 Å². The molecule has 1 atom stereocenters. The Morgan fingerprint density at radius 2 is 1.96 bits per heavy atom. The minimum atomic E-state index is -2.47. The Kier molecular flexibility index (Phi) is 5.93. The van der Waals surface area contributed by atoms with Gasteiger partial charge in [0.05, 0.1) is 17.0 Å². The Morgan fingerprint density at radius 1 is 1.29 bits per heavy atom. The summed E-state index contributed by atoms with van der Waals surface area (Å²) in [5, 5.41) is 25.4. The van der Waals surface area contributed by atoms with Crippen LogP contribution in [0, 0.1) is 6.92 Å². The van der Waals surface area contributed by atoms with Gasteiger partial charge in [-0.2, -0.15) is 5.10 Å². The number of hydrogen-bond acceptors (Lipinski definition) is 6. The maximum Gasteiger partial charge on any atom is 0.260 e. The largest absolute Gasteiger partial charge is 0.390 e. The smallest absolute Gasteiger partial charge is 0.260 e. The molecule has 2 aromatic rings. The van der Waals surface area contributed by atoms with Crippen molar-refractivity contribution >= 4 is 28.1 Å². The average molecular weight is 432 g/mol. The van der Waals surface area contributed by atoms with E-state index in [0.717, 1.165) is 11.4 Å². The lowest BCUT2D eigenvalue weighted by Crippen LogP contribution is -2.23. The molecule has 2 N–H and O–H groups in total. The molecule has 0 fully saturated rings. The number of imidazole rings is 1. The maximum absolute atomic E-state index is 13.5. The number of nitrogens with zero attached hydrogens (tertiary/aromatic N) is 3. The normalized spacial score (nSPS) is 19.3.